The molecule has 0 radical (unpaired) electrons. The summed E-state index contributed by atoms with van der Waals surface area (Å²) in [7, 11) is 0. The molecule has 1 nitrogen and oxygen atoms in total. The van der Waals surface area contributed by atoms with Gasteiger partial charge in [0.05, 0.1) is 0 Å². The van der Waals surface area contributed by atoms with Gasteiger partial charge in [0.1, 0.15) is 0 Å². The summed E-state index contributed by atoms with van der Waals surface area (Å²) in [5.74, 6) is 0. The normalized spacial score (nSPS) is 33.6. The highest BCUT2D eigenvalue weighted by Crippen LogP contribution is 2.19. The number of hydrogen-bond donors (Lipinski definition) is 1. The summed E-state index contributed by atoms with van der Waals surface area (Å²) in [6.45, 7) is -0.0672. The SMILES string of the molecule is [2H][C@H]1N[C@H]1c1ccccc1. The van der Waals surface area contributed by atoms with Gasteiger partial charge in [0.25, 0.3) is 0 Å². The molecule has 0 bridgehead atoms. The van der Waals surface area contributed by atoms with Crippen LogP contribution in [0, 0.1) is 0 Å². The van der Waals surface area contributed by atoms with Crippen molar-refractivity contribution in [2.75, 3.05) is 6.52 Å². The summed E-state index contributed by atoms with van der Waals surface area (Å²) < 4.78 is 7.28. The standard InChI is InChI=1S/C8H9N/c1-2-4-7(5-3-1)8-6-9-8/h1-5,8-9H,6H2/t8-/m1/s1/i6D/t6-,8-. The van der Waals surface area contributed by atoms with Crippen molar-refractivity contribution in [2.24, 2.45) is 0 Å². The van der Waals surface area contributed by atoms with Crippen molar-refractivity contribution in [3.8, 4) is 0 Å². The Morgan fingerprint density at radius 2 is 2.11 bits per heavy atom. The zero-order valence-electron chi connectivity index (χ0n) is 6.04. The molecule has 1 aromatic rings. The summed E-state index contributed by atoms with van der Waals surface area (Å²) in [5.41, 5.74) is 1.22. The van der Waals surface area contributed by atoms with E-state index in [9.17, 15) is 0 Å². The lowest BCUT2D eigenvalue weighted by Gasteiger charge is -1.91. The first-order valence-electron chi connectivity index (χ1n) is 3.69. The molecule has 2 rings (SSSR count). The summed E-state index contributed by atoms with van der Waals surface area (Å²) in [6.07, 6.45) is 0. The molecule has 1 aliphatic heterocycles. The van der Waals surface area contributed by atoms with Crippen LogP contribution in [-0.4, -0.2) is 6.52 Å². The molecule has 1 aliphatic rings. The van der Waals surface area contributed by atoms with Gasteiger partial charge in [-0.3, -0.25) is 0 Å². The highest BCUT2D eigenvalue weighted by molar-refractivity contribution is 5.22. The summed E-state index contributed by atoms with van der Waals surface area (Å²) in [5, 5.41) is 3.01. The van der Waals surface area contributed by atoms with E-state index in [1.165, 1.54) is 5.56 Å². The Balaban J connectivity index is 2.20. The number of hydrogen-bond acceptors (Lipinski definition) is 1. The van der Waals surface area contributed by atoms with Crippen LogP contribution in [0.15, 0.2) is 30.3 Å². The van der Waals surface area contributed by atoms with Crippen LogP contribution in [0.3, 0.4) is 0 Å². The predicted molar refractivity (Wildman–Crippen MR) is 37.2 cm³/mol. The highest BCUT2D eigenvalue weighted by Gasteiger charge is 2.20. The summed E-state index contributed by atoms with van der Waals surface area (Å²) in [6, 6.07) is 10.4. The van der Waals surface area contributed by atoms with Crippen molar-refractivity contribution in [2.45, 2.75) is 6.04 Å². The molecular formula is C8H9N. The average Bonchev–Trinajstić information content (AvgIpc) is 2.69. The minimum absolute atomic E-state index is 0.0672. The molecule has 46 valence electrons. The highest BCUT2D eigenvalue weighted by atomic mass is 15.1. The maximum absolute atomic E-state index is 7.28. The Labute approximate surface area is 56.1 Å². The number of benzene rings is 1. The molecule has 0 aliphatic carbocycles. The van der Waals surface area contributed by atoms with E-state index in [4.69, 9.17) is 1.37 Å². The van der Waals surface area contributed by atoms with E-state index in [2.05, 4.69) is 5.32 Å². The van der Waals surface area contributed by atoms with E-state index in [0.29, 0.717) is 6.04 Å². The lowest BCUT2D eigenvalue weighted by atomic mass is 10.2. The number of nitrogens with one attached hydrogen (secondary N) is 1. The van der Waals surface area contributed by atoms with Crippen LogP contribution in [0.25, 0.3) is 0 Å². The molecular weight excluding hydrogens is 110 g/mol. The molecule has 0 spiro atoms. The minimum Gasteiger partial charge on any atom is -0.307 e. The van der Waals surface area contributed by atoms with Crippen molar-refractivity contribution in [1.29, 1.82) is 0 Å². The molecule has 2 atom stereocenters. The van der Waals surface area contributed by atoms with Crippen LogP contribution < -0.4 is 5.32 Å². The second kappa shape index (κ2) is 1.85. The smallest absolute Gasteiger partial charge is 0.0448 e. The molecule has 9 heavy (non-hydrogen) atoms. The van der Waals surface area contributed by atoms with E-state index in [1.54, 1.807) is 0 Å². The molecule has 1 saturated heterocycles. The van der Waals surface area contributed by atoms with E-state index < -0.39 is 0 Å². The van der Waals surface area contributed by atoms with Crippen molar-refractivity contribution in [1.82, 2.24) is 5.32 Å². The van der Waals surface area contributed by atoms with E-state index in [-0.39, 0.29) is 6.52 Å². The topological polar surface area (TPSA) is 21.9 Å². The first-order valence-corrected chi connectivity index (χ1v) is 3.11. The van der Waals surface area contributed by atoms with Crippen molar-refractivity contribution >= 4 is 0 Å². The van der Waals surface area contributed by atoms with Crippen molar-refractivity contribution in [3.63, 3.8) is 0 Å². The molecule has 0 saturated carbocycles. The Morgan fingerprint density at radius 3 is 2.67 bits per heavy atom. The second-order valence-electron chi connectivity index (χ2n) is 2.22. The molecule has 0 unspecified atom stereocenters. The molecule has 1 N–H and O–H groups in total. The Bertz CT molecular complexity index is 222. The van der Waals surface area contributed by atoms with E-state index >= 15 is 0 Å². The molecule has 0 amide bonds. The van der Waals surface area contributed by atoms with Gasteiger partial charge in [-0.05, 0) is 5.56 Å². The Hall–Kier alpha value is -0.820. The van der Waals surface area contributed by atoms with E-state index in [0.717, 1.165) is 0 Å². The third-order valence-corrected chi connectivity index (χ3v) is 1.49. The van der Waals surface area contributed by atoms with Crippen LogP contribution in [-0.2, 0) is 0 Å². The lowest BCUT2D eigenvalue weighted by Crippen LogP contribution is -1.80. The molecule has 1 heteroatoms. The third kappa shape index (κ3) is 0.958. The van der Waals surface area contributed by atoms with Gasteiger partial charge in [-0.15, -0.1) is 0 Å². The van der Waals surface area contributed by atoms with E-state index in [1.807, 2.05) is 30.3 Å². The fourth-order valence-corrected chi connectivity index (χ4v) is 0.901. The summed E-state index contributed by atoms with van der Waals surface area (Å²) >= 11 is 0. The number of rotatable bonds is 1. The first-order chi connectivity index (χ1) is 4.88. The minimum atomic E-state index is -0.0672. The van der Waals surface area contributed by atoms with Crippen molar-refractivity contribution in [3.05, 3.63) is 35.9 Å². The third-order valence-electron chi connectivity index (χ3n) is 1.49. The van der Waals surface area contributed by atoms with Crippen LogP contribution >= 0.6 is 0 Å². The Kier molecular flexibility index (Phi) is 0.836. The van der Waals surface area contributed by atoms with Gasteiger partial charge < -0.3 is 5.32 Å². The average molecular weight is 120 g/mol. The molecule has 1 heterocycles. The van der Waals surface area contributed by atoms with Gasteiger partial charge in [0.15, 0.2) is 0 Å². The van der Waals surface area contributed by atoms with Gasteiger partial charge >= 0.3 is 0 Å². The zero-order valence-corrected chi connectivity index (χ0v) is 5.04. The van der Waals surface area contributed by atoms with Crippen LogP contribution in [0.2, 0.25) is 0 Å². The van der Waals surface area contributed by atoms with Gasteiger partial charge in [0, 0.05) is 13.9 Å². The van der Waals surface area contributed by atoms with Gasteiger partial charge in [-0.1, -0.05) is 30.3 Å². The maximum Gasteiger partial charge on any atom is 0.0448 e. The van der Waals surface area contributed by atoms with Gasteiger partial charge in [-0.25, -0.2) is 0 Å². The van der Waals surface area contributed by atoms with Crippen LogP contribution in [0.5, 0.6) is 0 Å². The fraction of sp³-hybridized carbons (Fsp3) is 0.250. The molecule has 1 aromatic carbocycles. The zero-order chi connectivity index (χ0) is 6.97. The largest absolute Gasteiger partial charge is 0.307 e. The quantitative estimate of drug-likeness (QED) is 0.555. The molecule has 1 fully saturated rings. The van der Waals surface area contributed by atoms with Gasteiger partial charge in [-0.2, -0.15) is 0 Å². The van der Waals surface area contributed by atoms with Crippen molar-refractivity contribution < 1.29 is 1.37 Å². The van der Waals surface area contributed by atoms with Crippen LogP contribution in [0.4, 0.5) is 0 Å². The Morgan fingerprint density at radius 1 is 1.44 bits per heavy atom. The molecule has 0 aromatic heterocycles. The lowest BCUT2D eigenvalue weighted by molar-refractivity contribution is 1.08. The first kappa shape index (κ1) is 4.07. The maximum atomic E-state index is 7.28. The van der Waals surface area contributed by atoms with Gasteiger partial charge in [0.2, 0.25) is 0 Å². The predicted octanol–water partition coefficient (Wildman–Crippen LogP) is 1.33. The summed E-state index contributed by atoms with van der Waals surface area (Å²) in [4.78, 5) is 0. The monoisotopic (exact) mass is 120 g/mol. The second-order valence-corrected chi connectivity index (χ2v) is 2.22. The van der Waals surface area contributed by atoms with Crippen LogP contribution in [0.1, 0.15) is 13.0 Å². The fourth-order valence-electron chi connectivity index (χ4n) is 0.901.